The fourth-order valence-electron chi connectivity index (χ4n) is 2.62. The first-order chi connectivity index (χ1) is 12.6. The van der Waals surface area contributed by atoms with Gasteiger partial charge in [-0.05, 0) is 37.1 Å². The van der Waals surface area contributed by atoms with Crippen molar-refractivity contribution >= 4 is 33.6 Å². The van der Waals surface area contributed by atoms with Gasteiger partial charge in [0.05, 0.1) is 0 Å². The minimum Gasteiger partial charge on any atom is -0.456 e. The monoisotopic (exact) mass is 397 g/mol. The van der Waals surface area contributed by atoms with E-state index in [4.69, 9.17) is 9.88 Å². The highest BCUT2D eigenvalue weighted by molar-refractivity contribution is 7.86. The number of amides is 1. The Morgan fingerprint density at radius 2 is 1.89 bits per heavy atom. The number of esters is 1. The van der Waals surface area contributed by atoms with Gasteiger partial charge in [0.1, 0.15) is 6.04 Å². The highest BCUT2D eigenvalue weighted by Crippen LogP contribution is 2.20. The lowest BCUT2D eigenvalue weighted by Gasteiger charge is -2.19. The summed E-state index contributed by atoms with van der Waals surface area (Å²) in [5, 5.41) is 7.78. The van der Waals surface area contributed by atoms with Crippen LogP contribution >= 0.6 is 0 Å². The molecule has 0 aliphatic carbocycles. The number of hydrogen-bond acceptors (Lipinski definition) is 6. The molecule has 1 unspecified atom stereocenters. The molecule has 1 aromatic carbocycles. The average Bonchev–Trinajstić information content (AvgIpc) is 3.10. The fraction of sp³-hybridized carbons (Fsp3) is 0.471. The zero-order valence-electron chi connectivity index (χ0n) is 15.2. The van der Waals surface area contributed by atoms with E-state index in [0.717, 1.165) is 4.31 Å². The summed E-state index contributed by atoms with van der Waals surface area (Å²) in [6.45, 7) is 3.17. The highest BCUT2D eigenvalue weighted by Gasteiger charge is 2.38. The largest absolute Gasteiger partial charge is 0.456 e. The van der Waals surface area contributed by atoms with E-state index in [2.05, 4.69) is 5.32 Å². The number of nitrogens with zero attached hydrogens (tertiary/aromatic N) is 1. The molecule has 3 N–H and O–H groups in total. The van der Waals surface area contributed by atoms with E-state index in [1.807, 2.05) is 0 Å². The van der Waals surface area contributed by atoms with E-state index in [1.54, 1.807) is 26.0 Å². The van der Waals surface area contributed by atoms with E-state index in [0.29, 0.717) is 24.1 Å². The van der Waals surface area contributed by atoms with Crippen molar-refractivity contribution in [3.05, 3.63) is 29.8 Å². The summed E-state index contributed by atoms with van der Waals surface area (Å²) < 4.78 is 28.8. The van der Waals surface area contributed by atoms with Crippen LogP contribution in [0.3, 0.4) is 0 Å². The van der Waals surface area contributed by atoms with Crippen molar-refractivity contribution in [3.63, 3.8) is 0 Å². The van der Waals surface area contributed by atoms with Crippen molar-refractivity contribution in [1.82, 2.24) is 4.31 Å². The van der Waals surface area contributed by atoms with E-state index in [9.17, 15) is 22.8 Å². The van der Waals surface area contributed by atoms with Gasteiger partial charge in [-0.2, -0.15) is 12.7 Å². The minimum absolute atomic E-state index is 0.140. The Morgan fingerprint density at radius 3 is 2.44 bits per heavy atom. The number of benzene rings is 1. The van der Waals surface area contributed by atoms with Crippen molar-refractivity contribution in [1.29, 1.82) is 0 Å². The molecule has 1 aliphatic heterocycles. The Bertz CT molecular complexity index is 820. The van der Waals surface area contributed by atoms with Crippen LogP contribution in [0.25, 0.3) is 0 Å². The van der Waals surface area contributed by atoms with Crippen LogP contribution in [0.4, 0.5) is 5.69 Å². The van der Waals surface area contributed by atoms with Gasteiger partial charge in [0.2, 0.25) is 5.91 Å². The Kier molecular flexibility index (Phi) is 6.68. The number of nitrogens with two attached hydrogens (primary N) is 1. The van der Waals surface area contributed by atoms with Crippen molar-refractivity contribution in [2.75, 3.05) is 18.5 Å². The Morgan fingerprint density at radius 1 is 1.26 bits per heavy atom. The van der Waals surface area contributed by atoms with Crippen molar-refractivity contribution in [2.24, 2.45) is 11.1 Å². The van der Waals surface area contributed by atoms with Crippen molar-refractivity contribution < 1.29 is 27.5 Å². The molecule has 10 heteroatoms. The number of carbonyl (C=O) groups is 3. The lowest BCUT2D eigenvalue weighted by Crippen LogP contribution is -2.44. The van der Waals surface area contributed by atoms with Crippen molar-refractivity contribution in [2.45, 2.75) is 32.7 Å². The molecule has 1 aromatic rings. The molecule has 0 saturated carbocycles. The second-order valence-corrected chi connectivity index (χ2v) is 8.06. The van der Waals surface area contributed by atoms with E-state index in [1.165, 1.54) is 12.1 Å². The third-order valence-electron chi connectivity index (χ3n) is 4.15. The summed E-state index contributed by atoms with van der Waals surface area (Å²) in [6.07, 6.45) is 0.793. The van der Waals surface area contributed by atoms with Gasteiger partial charge in [-0.1, -0.05) is 13.8 Å². The second kappa shape index (κ2) is 8.59. The number of ketones is 1. The summed E-state index contributed by atoms with van der Waals surface area (Å²) in [5.41, 5.74) is 0.858. The van der Waals surface area contributed by atoms with Gasteiger partial charge < -0.3 is 10.1 Å². The lowest BCUT2D eigenvalue weighted by atomic mass is 10.1. The maximum atomic E-state index is 12.2. The lowest BCUT2D eigenvalue weighted by molar-refractivity contribution is -0.146. The van der Waals surface area contributed by atoms with Gasteiger partial charge in [-0.25, -0.2) is 5.14 Å². The molecule has 2 rings (SSSR count). The molecule has 1 amide bonds. The molecule has 9 nitrogen and oxygen atoms in total. The summed E-state index contributed by atoms with van der Waals surface area (Å²) in [4.78, 5) is 35.9. The normalized spacial score (nSPS) is 17.7. The first-order valence-electron chi connectivity index (χ1n) is 8.50. The van der Waals surface area contributed by atoms with Crippen LogP contribution in [0.1, 0.15) is 37.0 Å². The molecular weight excluding hydrogens is 374 g/mol. The number of rotatable bonds is 7. The van der Waals surface area contributed by atoms with Crippen LogP contribution in [-0.2, 0) is 24.5 Å². The molecule has 1 atom stereocenters. The summed E-state index contributed by atoms with van der Waals surface area (Å²) in [7, 11) is -4.00. The Hall–Kier alpha value is -2.30. The van der Waals surface area contributed by atoms with Gasteiger partial charge in [-0.3, -0.25) is 14.4 Å². The molecule has 1 heterocycles. The van der Waals surface area contributed by atoms with Gasteiger partial charge >= 0.3 is 5.97 Å². The van der Waals surface area contributed by atoms with Gasteiger partial charge in [-0.15, -0.1) is 0 Å². The van der Waals surface area contributed by atoms with E-state index >= 15 is 0 Å². The number of Topliss-reactive ketones (excluding diaryl/α,β-unsaturated/α-hetero) is 1. The SMILES string of the molecule is CC(C)C(=O)Nc1ccc(C(=O)COC(=O)C2CCCN2S(N)(=O)=O)cc1. The van der Waals surface area contributed by atoms with Crippen molar-refractivity contribution in [3.8, 4) is 0 Å². The molecular formula is C17H23N3O6S. The van der Waals surface area contributed by atoms with Gasteiger partial charge in [0.25, 0.3) is 10.2 Å². The average molecular weight is 397 g/mol. The molecule has 0 radical (unpaired) electrons. The molecule has 27 heavy (non-hydrogen) atoms. The number of hydrogen-bond donors (Lipinski definition) is 2. The molecule has 0 bridgehead atoms. The topological polar surface area (TPSA) is 136 Å². The predicted octanol–water partition coefficient (Wildman–Crippen LogP) is 0.675. The molecule has 1 fully saturated rings. The second-order valence-electron chi connectivity index (χ2n) is 6.57. The third-order valence-corrected chi connectivity index (χ3v) is 5.24. The fourth-order valence-corrected chi connectivity index (χ4v) is 3.55. The summed E-state index contributed by atoms with van der Waals surface area (Å²) in [5.74, 6) is -1.54. The maximum absolute atomic E-state index is 12.2. The van der Waals surface area contributed by atoms with Crippen LogP contribution in [0.2, 0.25) is 0 Å². The molecule has 1 saturated heterocycles. The quantitative estimate of drug-likeness (QED) is 0.513. The molecule has 148 valence electrons. The van der Waals surface area contributed by atoms with E-state index in [-0.39, 0.29) is 18.4 Å². The number of anilines is 1. The first-order valence-corrected chi connectivity index (χ1v) is 10.00. The molecule has 0 aromatic heterocycles. The Balaban J connectivity index is 1.92. The molecule has 0 spiro atoms. The molecule has 1 aliphatic rings. The van der Waals surface area contributed by atoms with E-state index < -0.39 is 34.6 Å². The van der Waals surface area contributed by atoms with Gasteiger partial charge in [0, 0.05) is 23.7 Å². The van der Waals surface area contributed by atoms with Crippen LogP contribution in [0.5, 0.6) is 0 Å². The standard InChI is InChI=1S/C17H23N3O6S/c1-11(2)16(22)19-13-7-5-12(6-8-13)15(21)10-26-17(23)14-4-3-9-20(14)27(18,24)25/h5-8,11,14H,3-4,9-10H2,1-2H3,(H,19,22)(H2,18,24,25). The number of nitrogens with one attached hydrogen (secondary N) is 1. The summed E-state index contributed by atoms with van der Waals surface area (Å²) >= 11 is 0. The number of carbonyl (C=O) groups excluding carboxylic acids is 3. The first kappa shape index (κ1) is 21.0. The summed E-state index contributed by atoms with van der Waals surface area (Å²) in [6, 6.07) is 5.18. The zero-order valence-corrected chi connectivity index (χ0v) is 16.0. The Labute approximate surface area is 158 Å². The third kappa shape index (κ3) is 5.59. The van der Waals surface area contributed by atoms with Crippen LogP contribution < -0.4 is 10.5 Å². The number of ether oxygens (including phenoxy) is 1. The van der Waals surface area contributed by atoms with Crippen LogP contribution in [-0.4, -0.2) is 49.6 Å². The smallest absolute Gasteiger partial charge is 0.324 e. The highest BCUT2D eigenvalue weighted by atomic mass is 32.2. The van der Waals surface area contributed by atoms with Crippen LogP contribution in [0, 0.1) is 5.92 Å². The van der Waals surface area contributed by atoms with Crippen LogP contribution in [0.15, 0.2) is 24.3 Å². The zero-order chi connectivity index (χ0) is 20.2. The maximum Gasteiger partial charge on any atom is 0.324 e. The van der Waals surface area contributed by atoms with Gasteiger partial charge in [0.15, 0.2) is 12.4 Å². The predicted molar refractivity (Wildman–Crippen MR) is 98.0 cm³/mol. The minimum atomic E-state index is -4.00.